The van der Waals surface area contributed by atoms with Gasteiger partial charge in [0.25, 0.3) is 0 Å². The van der Waals surface area contributed by atoms with Crippen molar-refractivity contribution in [3.63, 3.8) is 0 Å². The molecule has 1 aromatic carbocycles. The number of H-pyrrole nitrogens is 1. The summed E-state index contributed by atoms with van der Waals surface area (Å²) in [6, 6.07) is 11.9. The van der Waals surface area contributed by atoms with Crippen LogP contribution in [0.15, 0.2) is 54.3 Å². The van der Waals surface area contributed by atoms with E-state index in [1.807, 2.05) is 46.8 Å². The molecule has 1 unspecified atom stereocenters. The van der Waals surface area contributed by atoms with Crippen LogP contribution in [0, 0.1) is 0 Å². The lowest BCUT2D eigenvalue weighted by Crippen LogP contribution is -2.54. The van der Waals surface area contributed by atoms with E-state index in [4.69, 9.17) is 4.98 Å². The molecule has 1 aliphatic rings. The number of carbonyl (C=O) groups excluding carboxylic acids is 1. The van der Waals surface area contributed by atoms with Crippen LogP contribution in [-0.4, -0.2) is 66.2 Å². The van der Waals surface area contributed by atoms with E-state index in [1.165, 1.54) is 0 Å². The molecule has 0 saturated carbocycles. The Balaban J connectivity index is 1.19. The zero-order valence-electron chi connectivity index (χ0n) is 18.0. The predicted octanol–water partition coefficient (Wildman–Crippen LogP) is 3.17. The van der Waals surface area contributed by atoms with E-state index in [2.05, 4.69) is 31.9 Å². The molecule has 1 amide bonds. The topological polar surface area (TPSA) is 95.8 Å². The van der Waals surface area contributed by atoms with Crippen molar-refractivity contribution in [1.29, 1.82) is 0 Å². The standard InChI is InChI=1S/C23H22N8OS/c1-15-12-29(23-20(25-14-33-23)21-27-17-6-2-3-7-18(17)28-21)9-10-30(15)19(32)13-31-22-16(11-26-31)5-4-8-24-22/h2-8,11,14-15H,9-10,12-13H2,1H3,(H,27,28). The first-order valence-corrected chi connectivity index (χ1v) is 11.7. The smallest absolute Gasteiger partial charge is 0.244 e. The third-order valence-corrected chi connectivity index (χ3v) is 6.97. The van der Waals surface area contributed by atoms with Crippen LogP contribution in [0.4, 0.5) is 5.00 Å². The van der Waals surface area contributed by atoms with Crippen molar-refractivity contribution in [1.82, 2.24) is 34.6 Å². The van der Waals surface area contributed by atoms with Gasteiger partial charge < -0.3 is 14.8 Å². The number of hydrogen-bond donors (Lipinski definition) is 1. The summed E-state index contributed by atoms with van der Waals surface area (Å²) in [6.07, 6.45) is 3.47. The average Bonchev–Trinajstić information content (AvgIpc) is 3.57. The van der Waals surface area contributed by atoms with Gasteiger partial charge in [-0.15, -0.1) is 11.3 Å². The summed E-state index contributed by atoms with van der Waals surface area (Å²) in [7, 11) is 0. The summed E-state index contributed by atoms with van der Waals surface area (Å²) in [5, 5.41) is 6.37. The summed E-state index contributed by atoms with van der Waals surface area (Å²) in [5.74, 6) is 0.830. The van der Waals surface area contributed by atoms with Crippen LogP contribution in [-0.2, 0) is 11.3 Å². The van der Waals surface area contributed by atoms with Crippen LogP contribution >= 0.6 is 11.3 Å². The fraction of sp³-hybridized carbons (Fsp3) is 0.261. The highest BCUT2D eigenvalue weighted by Gasteiger charge is 2.30. The molecule has 9 nitrogen and oxygen atoms in total. The number of thiazole rings is 1. The number of anilines is 1. The first-order chi connectivity index (χ1) is 16.2. The van der Waals surface area contributed by atoms with Crippen LogP contribution in [0.5, 0.6) is 0 Å². The Bertz CT molecular complexity index is 1420. The molecule has 4 aromatic heterocycles. The van der Waals surface area contributed by atoms with Gasteiger partial charge in [-0.3, -0.25) is 4.79 Å². The molecule has 0 radical (unpaired) electrons. The minimum absolute atomic E-state index is 0.0552. The van der Waals surface area contributed by atoms with Gasteiger partial charge in [0.05, 0.1) is 22.7 Å². The number of amides is 1. The summed E-state index contributed by atoms with van der Waals surface area (Å²) in [5.41, 5.74) is 5.37. The van der Waals surface area contributed by atoms with E-state index in [-0.39, 0.29) is 18.5 Å². The van der Waals surface area contributed by atoms with Crippen LogP contribution in [0.3, 0.4) is 0 Å². The number of aromatic nitrogens is 6. The van der Waals surface area contributed by atoms with Crippen LogP contribution in [0.2, 0.25) is 0 Å². The number of benzene rings is 1. The fourth-order valence-corrected chi connectivity index (χ4v) is 5.29. The maximum absolute atomic E-state index is 13.1. The number of rotatable bonds is 4. The number of fused-ring (bicyclic) bond motifs is 2. The van der Waals surface area contributed by atoms with Gasteiger partial charge in [-0.05, 0) is 31.2 Å². The Morgan fingerprint density at radius 3 is 2.97 bits per heavy atom. The van der Waals surface area contributed by atoms with Gasteiger partial charge in [0.1, 0.15) is 17.2 Å². The summed E-state index contributed by atoms with van der Waals surface area (Å²) in [4.78, 5) is 34.4. The van der Waals surface area contributed by atoms with Gasteiger partial charge in [0.15, 0.2) is 11.5 Å². The van der Waals surface area contributed by atoms with Gasteiger partial charge >= 0.3 is 0 Å². The number of aromatic amines is 1. The van der Waals surface area contributed by atoms with Crippen LogP contribution < -0.4 is 4.90 Å². The monoisotopic (exact) mass is 458 g/mol. The van der Waals surface area contributed by atoms with Gasteiger partial charge in [0, 0.05) is 37.3 Å². The van der Waals surface area contributed by atoms with E-state index in [9.17, 15) is 4.79 Å². The van der Waals surface area contributed by atoms with E-state index >= 15 is 0 Å². The Hall–Kier alpha value is -3.79. The molecule has 0 bridgehead atoms. The van der Waals surface area contributed by atoms with E-state index in [0.29, 0.717) is 6.54 Å². The first-order valence-electron chi connectivity index (χ1n) is 10.9. The molecule has 0 spiro atoms. The molecule has 33 heavy (non-hydrogen) atoms. The second-order valence-corrected chi connectivity index (χ2v) is 9.04. The maximum atomic E-state index is 13.1. The SMILES string of the molecule is CC1CN(c2scnc2-c2nc3ccccc3[nH]2)CCN1C(=O)Cn1ncc2cccnc21. The number of nitrogens with zero attached hydrogens (tertiary/aromatic N) is 7. The van der Waals surface area contributed by atoms with Crippen molar-refractivity contribution in [3.05, 3.63) is 54.3 Å². The molecule has 6 rings (SSSR count). The van der Waals surface area contributed by atoms with Crippen molar-refractivity contribution in [2.75, 3.05) is 24.5 Å². The van der Waals surface area contributed by atoms with Gasteiger partial charge in [0.2, 0.25) is 5.91 Å². The number of carbonyl (C=O) groups is 1. The zero-order valence-corrected chi connectivity index (χ0v) is 18.9. The molecule has 5 heterocycles. The van der Waals surface area contributed by atoms with Crippen molar-refractivity contribution in [3.8, 4) is 11.5 Å². The molecule has 5 aromatic rings. The third kappa shape index (κ3) is 3.52. The Morgan fingerprint density at radius 2 is 2.09 bits per heavy atom. The minimum atomic E-state index is 0.0552. The third-order valence-electron chi connectivity index (χ3n) is 6.08. The van der Waals surface area contributed by atoms with Crippen molar-refractivity contribution >= 4 is 44.3 Å². The molecule has 0 aliphatic carbocycles. The highest BCUT2D eigenvalue weighted by Crippen LogP contribution is 2.34. The molecule has 1 fully saturated rings. The number of hydrogen-bond acceptors (Lipinski definition) is 7. The lowest BCUT2D eigenvalue weighted by Gasteiger charge is -2.40. The molecule has 1 N–H and O–H groups in total. The van der Waals surface area contributed by atoms with Crippen molar-refractivity contribution in [2.45, 2.75) is 19.5 Å². The van der Waals surface area contributed by atoms with Crippen molar-refractivity contribution < 1.29 is 4.79 Å². The predicted molar refractivity (Wildman–Crippen MR) is 128 cm³/mol. The maximum Gasteiger partial charge on any atom is 0.244 e. The number of nitrogens with one attached hydrogen (secondary N) is 1. The van der Waals surface area contributed by atoms with Crippen LogP contribution in [0.1, 0.15) is 6.92 Å². The van der Waals surface area contributed by atoms with Gasteiger partial charge in [-0.2, -0.15) is 5.10 Å². The minimum Gasteiger partial charge on any atom is -0.358 e. The quantitative estimate of drug-likeness (QED) is 0.444. The number of imidazole rings is 1. The van der Waals surface area contributed by atoms with E-state index in [1.54, 1.807) is 28.4 Å². The Labute approximate surface area is 193 Å². The number of pyridine rings is 1. The Morgan fingerprint density at radius 1 is 1.18 bits per heavy atom. The van der Waals surface area contributed by atoms with Gasteiger partial charge in [-0.1, -0.05) is 12.1 Å². The summed E-state index contributed by atoms with van der Waals surface area (Å²) >= 11 is 1.61. The molecular formula is C23H22N8OS. The second kappa shape index (κ2) is 7.96. The van der Waals surface area contributed by atoms with Gasteiger partial charge in [-0.25, -0.2) is 19.6 Å². The molecule has 10 heteroatoms. The van der Waals surface area contributed by atoms with E-state index < -0.39 is 0 Å². The lowest BCUT2D eigenvalue weighted by molar-refractivity contribution is -0.134. The van der Waals surface area contributed by atoms with Crippen molar-refractivity contribution in [2.24, 2.45) is 0 Å². The average molecular weight is 459 g/mol. The zero-order chi connectivity index (χ0) is 22.4. The number of piperazine rings is 1. The summed E-state index contributed by atoms with van der Waals surface area (Å²) in [6.45, 7) is 4.40. The second-order valence-electron chi connectivity index (χ2n) is 8.21. The van der Waals surface area contributed by atoms with E-state index in [0.717, 1.165) is 51.7 Å². The first kappa shape index (κ1) is 19.9. The van der Waals surface area contributed by atoms with Crippen LogP contribution in [0.25, 0.3) is 33.6 Å². The highest BCUT2D eigenvalue weighted by atomic mass is 32.1. The molecule has 1 aliphatic heterocycles. The fourth-order valence-electron chi connectivity index (χ4n) is 4.45. The summed E-state index contributed by atoms with van der Waals surface area (Å²) < 4.78 is 1.68. The molecular weight excluding hydrogens is 436 g/mol. The normalized spacial score (nSPS) is 16.7. The molecule has 1 saturated heterocycles. The lowest BCUT2D eigenvalue weighted by atomic mass is 10.2. The number of para-hydroxylation sites is 2. The largest absolute Gasteiger partial charge is 0.358 e. The Kier molecular flexibility index (Phi) is 4.79. The highest BCUT2D eigenvalue weighted by molar-refractivity contribution is 7.14. The molecule has 1 atom stereocenters. The molecule has 166 valence electrons.